The Hall–Kier alpha value is -1.26. The lowest BCUT2D eigenvalue weighted by atomic mass is 9.94. The van der Waals surface area contributed by atoms with Gasteiger partial charge >= 0.3 is 12.0 Å². The first-order valence-electron chi connectivity index (χ1n) is 6.63. The average molecular weight is 256 g/mol. The molecule has 0 aromatic rings. The van der Waals surface area contributed by atoms with Crippen molar-refractivity contribution in [2.75, 3.05) is 19.6 Å². The summed E-state index contributed by atoms with van der Waals surface area (Å²) in [6.07, 6.45) is 3.31. The molecule has 5 nitrogen and oxygen atoms in total. The maximum atomic E-state index is 12.0. The molecule has 0 radical (unpaired) electrons. The van der Waals surface area contributed by atoms with Gasteiger partial charge < -0.3 is 15.3 Å². The lowest BCUT2D eigenvalue weighted by molar-refractivity contribution is -0.146. The molecule has 1 fully saturated rings. The van der Waals surface area contributed by atoms with E-state index in [-0.39, 0.29) is 12.6 Å². The molecule has 1 saturated heterocycles. The molecule has 1 atom stereocenters. The molecule has 0 spiro atoms. The van der Waals surface area contributed by atoms with E-state index in [0.29, 0.717) is 5.92 Å². The molecule has 0 aliphatic carbocycles. The molecule has 1 heterocycles. The predicted molar refractivity (Wildman–Crippen MR) is 69.4 cm³/mol. The summed E-state index contributed by atoms with van der Waals surface area (Å²) in [6.45, 7) is 7.08. The highest BCUT2D eigenvalue weighted by Crippen LogP contribution is 2.19. The SMILES string of the molecule is CCC1CCCN(C(=O)NCC(C)(C)C(=O)O)C1. The van der Waals surface area contributed by atoms with Crippen LogP contribution in [0.1, 0.15) is 40.0 Å². The van der Waals surface area contributed by atoms with E-state index in [1.165, 1.54) is 6.42 Å². The summed E-state index contributed by atoms with van der Waals surface area (Å²) in [5.74, 6) is -0.315. The van der Waals surface area contributed by atoms with Crippen LogP contribution < -0.4 is 5.32 Å². The fourth-order valence-electron chi connectivity index (χ4n) is 2.07. The van der Waals surface area contributed by atoms with Gasteiger partial charge in [0.05, 0.1) is 5.41 Å². The Morgan fingerprint density at radius 2 is 2.11 bits per heavy atom. The number of carboxylic acids is 1. The number of rotatable bonds is 4. The fourth-order valence-corrected chi connectivity index (χ4v) is 2.07. The third-order valence-electron chi connectivity index (χ3n) is 3.64. The van der Waals surface area contributed by atoms with Crippen molar-refractivity contribution in [3.8, 4) is 0 Å². The van der Waals surface area contributed by atoms with Gasteiger partial charge in [-0.05, 0) is 32.6 Å². The number of amides is 2. The number of carbonyl (C=O) groups excluding carboxylic acids is 1. The first-order chi connectivity index (χ1) is 8.36. The molecule has 1 aliphatic rings. The fraction of sp³-hybridized carbons (Fsp3) is 0.846. The minimum atomic E-state index is -0.921. The van der Waals surface area contributed by atoms with E-state index in [9.17, 15) is 9.59 Å². The number of piperidine rings is 1. The highest BCUT2D eigenvalue weighted by Gasteiger charge is 2.29. The van der Waals surface area contributed by atoms with Crippen LogP contribution in [-0.2, 0) is 4.79 Å². The summed E-state index contributed by atoms with van der Waals surface area (Å²) in [4.78, 5) is 24.7. The molecule has 0 aromatic carbocycles. The number of likely N-dealkylation sites (tertiary alicyclic amines) is 1. The molecular weight excluding hydrogens is 232 g/mol. The summed E-state index contributed by atoms with van der Waals surface area (Å²) in [5, 5.41) is 11.7. The van der Waals surface area contributed by atoms with Crippen LogP contribution in [0, 0.1) is 11.3 Å². The molecule has 1 aliphatic heterocycles. The smallest absolute Gasteiger partial charge is 0.317 e. The van der Waals surface area contributed by atoms with Crippen molar-refractivity contribution in [3.63, 3.8) is 0 Å². The average Bonchev–Trinajstić information content (AvgIpc) is 2.36. The number of carboxylic acid groups (broad SMARTS) is 1. The van der Waals surface area contributed by atoms with E-state index in [4.69, 9.17) is 5.11 Å². The molecule has 18 heavy (non-hydrogen) atoms. The molecule has 0 aromatic heterocycles. The highest BCUT2D eigenvalue weighted by atomic mass is 16.4. The standard InChI is InChI=1S/C13H24N2O3/c1-4-10-6-5-7-15(8-10)12(18)14-9-13(2,3)11(16)17/h10H,4-9H2,1-3H3,(H,14,18)(H,16,17). The van der Waals surface area contributed by atoms with Gasteiger partial charge in [0.25, 0.3) is 0 Å². The first-order valence-corrected chi connectivity index (χ1v) is 6.63. The van der Waals surface area contributed by atoms with Crippen LogP contribution in [-0.4, -0.2) is 41.6 Å². The number of urea groups is 1. The lowest BCUT2D eigenvalue weighted by Crippen LogP contribution is -2.48. The Bertz CT molecular complexity index is 315. The van der Waals surface area contributed by atoms with Crippen LogP contribution in [0.25, 0.3) is 0 Å². The molecule has 2 amide bonds. The molecule has 5 heteroatoms. The van der Waals surface area contributed by atoms with E-state index in [2.05, 4.69) is 12.2 Å². The zero-order valence-corrected chi connectivity index (χ0v) is 11.5. The second-order valence-electron chi connectivity index (χ2n) is 5.71. The highest BCUT2D eigenvalue weighted by molar-refractivity contribution is 5.77. The molecule has 1 rings (SSSR count). The van der Waals surface area contributed by atoms with Crippen LogP contribution >= 0.6 is 0 Å². The molecule has 104 valence electrons. The van der Waals surface area contributed by atoms with Crippen LogP contribution in [0.2, 0.25) is 0 Å². The van der Waals surface area contributed by atoms with Crippen LogP contribution in [0.5, 0.6) is 0 Å². The maximum Gasteiger partial charge on any atom is 0.317 e. The van der Waals surface area contributed by atoms with E-state index >= 15 is 0 Å². The van der Waals surface area contributed by atoms with Gasteiger partial charge in [0.2, 0.25) is 0 Å². The van der Waals surface area contributed by atoms with Gasteiger partial charge in [-0.3, -0.25) is 4.79 Å². The van der Waals surface area contributed by atoms with Gasteiger partial charge in [-0.2, -0.15) is 0 Å². The normalized spacial score (nSPS) is 20.6. The van der Waals surface area contributed by atoms with Gasteiger partial charge in [0.1, 0.15) is 0 Å². The van der Waals surface area contributed by atoms with Gasteiger partial charge in [0, 0.05) is 19.6 Å². The monoisotopic (exact) mass is 256 g/mol. The van der Waals surface area contributed by atoms with E-state index < -0.39 is 11.4 Å². The zero-order chi connectivity index (χ0) is 13.8. The summed E-state index contributed by atoms with van der Waals surface area (Å²) >= 11 is 0. The molecule has 2 N–H and O–H groups in total. The quantitative estimate of drug-likeness (QED) is 0.807. The Morgan fingerprint density at radius 3 is 2.67 bits per heavy atom. The van der Waals surface area contributed by atoms with E-state index in [1.807, 2.05) is 0 Å². The van der Waals surface area contributed by atoms with Gasteiger partial charge in [-0.1, -0.05) is 13.3 Å². The number of nitrogens with zero attached hydrogens (tertiary/aromatic N) is 1. The Labute approximate surface area is 109 Å². The van der Waals surface area contributed by atoms with Crippen molar-refractivity contribution in [1.29, 1.82) is 0 Å². The Balaban J connectivity index is 2.43. The summed E-state index contributed by atoms with van der Waals surface area (Å²) in [6, 6.07) is -0.137. The van der Waals surface area contributed by atoms with Crippen molar-refractivity contribution >= 4 is 12.0 Å². The number of aliphatic carboxylic acids is 1. The number of nitrogens with one attached hydrogen (secondary N) is 1. The minimum absolute atomic E-state index is 0.137. The molecule has 1 unspecified atom stereocenters. The van der Waals surface area contributed by atoms with Crippen molar-refractivity contribution in [2.45, 2.75) is 40.0 Å². The summed E-state index contributed by atoms with van der Waals surface area (Å²) in [5.41, 5.74) is -0.921. The number of hydrogen-bond donors (Lipinski definition) is 2. The Kier molecular flexibility index (Phi) is 4.99. The van der Waals surface area contributed by atoms with E-state index in [1.54, 1.807) is 18.7 Å². The van der Waals surface area contributed by atoms with E-state index in [0.717, 1.165) is 25.9 Å². The third-order valence-corrected chi connectivity index (χ3v) is 3.64. The van der Waals surface area contributed by atoms with Crippen LogP contribution in [0.4, 0.5) is 4.79 Å². The molecule has 0 bridgehead atoms. The summed E-state index contributed by atoms with van der Waals surface area (Å²) in [7, 11) is 0. The van der Waals surface area contributed by atoms with Crippen LogP contribution in [0.15, 0.2) is 0 Å². The predicted octanol–water partition coefficient (Wildman–Crippen LogP) is 1.93. The third kappa shape index (κ3) is 3.89. The lowest BCUT2D eigenvalue weighted by Gasteiger charge is -2.33. The van der Waals surface area contributed by atoms with Crippen LogP contribution in [0.3, 0.4) is 0 Å². The topological polar surface area (TPSA) is 69.6 Å². The summed E-state index contributed by atoms with van der Waals surface area (Å²) < 4.78 is 0. The van der Waals surface area contributed by atoms with Crippen molar-refractivity contribution in [1.82, 2.24) is 10.2 Å². The maximum absolute atomic E-state index is 12.0. The molecule has 0 saturated carbocycles. The van der Waals surface area contributed by atoms with Gasteiger partial charge in [-0.25, -0.2) is 4.79 Å². The van der Waals surface area contributed by atoms with Gasteiger partial charge in [0.15, 0.2) is 0 Å². The first kappa shape index (κ1) is 14.8. The Morgan fingerprint density at radius 1 is 1.44 bits per heavy atom. The molecular formula is C13H24N2O3. The number of carbonyl (C=O) groups is 2. The second kappa shape index (κ2) is 6.07. The zero-order valence-electron chi connectivity index (χ0n) is 11.5. The largest absolute Gasteiger partial charge is 0.481 e. The van der Waals surface area contributed by atoms with Gasteiger partial charge in [-0.15, -0.1) is 0 Å². The number of hydrogen-bond acceptors (Lipinski definition) is 2. The van der Waals surface area contributed by atoms with Crippen molar-refractivity contribution < 1.29 is 14.7 Å². The minimum Gasteiger partial charge on any atom is -0.481 e. The second-order valence-corrected chi connectivity index (χ2v) is 5.71. The van der Waals surface area contributed by atoms with Crippen molar-refractivity contribution in [3.05, 3.63) is 0 Å². The van der Waals surface area contributed by atoms with Crippen molar-refractivity contribution in [2.24, 2.45) is 11.3 Å².